The number of rotatable bonds is 11. The molecular formula is C19H33NO8S2. The average Bonchev–Trinajstić information content (AvgIpc) is 3.20. The van der Waals surface area contributed by atoms with Crippen LogP contribution < -0.4 is 5.32 Å². The molecule has 9 nitrogen and oxygen atoms in total. The van der Waals surface area contributed by atoms with E-state index in [0.717, 1.165) is 12.8 Å². The minimum Gasteiger partial charge on any atom is -0.460 e. The van der Waals surface area contributed by atoms with Crippen LogP contribution in [-0.2, 0) is 19.1 Å². The number of hydrogen-bond donors (Lipinski definition) is 5. The molecule has 2 aliphatic heterocycles. The standard InChI is InChI=1S/C19H33NO8S2/c1-12(22)20-18-15(24)9-19(26,28-16(18)8-13(23)10-21)11-27-17(25)5-3-2-4-14-6-7-29-30-14/h13-16,18,21,23-24,26H,2-11H2,1H3,(H,20,22)/t13-,14?,15-,16-,18+,19-/m0/s1. The molecule has 5 N–H and O–H groups in total. The molecule has 6 atom stereocenters. The Balaban J connectivity index is 1.81. The summed E-state index contributed by atoms with van der Waals surface area (Å²) in [6, 6.07) is -0.869. The fourth-order valence-electron chi connectivity index (χ4n) is 3.63. The Bertz CT molecular complexity index is 563. The highest BCUT2D eigenvalue weighted by Gasteiger charge is 2.47. The molecule has 0 aromatic rings. The maximum absolute atomic E-state index is 12.0. The average molecular weight is 468 g/mol. The van der Waals surface area contributed by atoms with Crippen molar-refractivity contribution in [1.82, 2.24) is 5.32 Å². The first kappa shape index (κ1) is 25.7. The van der Waals surface area contributed by atoms with E-state index in [-0.39, 0.29) is 19.3 Å². The van der Waals surface area contributed by atoms with Gasteiger partial charge in [-0.2, -0.15) is 0 Å². The van der Waals surface area contributed by atoms with Gasteiger partial charge in [0.15, 0.2) is 0 Å². The number of aliphatic hydroxyl groups is 4. The predicted octanol–water partition coefficient (Wildman–Crippen LogP) is 0.330. The highest BCUT2D eigenvalue weighted by Crippen LogP contribution is 2.40. The van der Waals surface area contributed by atoms with Crippen molar-refractivity contribution >= 4 is 33.5 Å². The Morgan fingerprint density at radius 2 is 2.13 bits per heavy atom. The monoisotopic (exact) mass is 467 g/mol. The minimum atomic E-state index is -1.94. The third-order valence-electron chi connectivity index (χ3n) is 5.14. The van der Waals surface area contributed by atoms with Gasteiger partial charge in [0.1, 0.15) is 6.61 Å². The predicted molar refractivity (Wildman–Crippen MR) is 114 cm³/mol. The van der Waals surface area contributed by atoms with E-state index in [1.54, 1.807) is 0 Å². The van der Waals surface area contributed by atoms with E-state index < -0.39 is 55.2 Å². The molecule has 30 heavy (non-hydrogen) atoms. The van der Waals surface area contributed by atoms with Crippen LogP contribution in [0.1, 0.15) is 51.9 Å². The molecule has 0 bridgehead atoms. The number of unbranched alkanes of at least 4 members (excludes halogenated alkanes) is 1. The van der Waals surface area contributed by atoms with Crippen LogP contribution in [0, 0.1) is 0 Å². The summed E-state index contributed by atoms with van der Waals surface area (Å²) in [7, 11) is 3.80. The van der Waals surface area contributed by atoms with Gasteiger partial charge in [0, 0.05) is 37.2 Å². The highest BCUT2D eigenvalue weighted by atomic mass is 33.1. The summed E-state index contributed by atoms with van der Waals surface area (Å²) < 4.78 is 10.8. The quantitative estimate of drug-likeness (QED) is 0.164. The SMILES string of the molecule is CC(=O)N[C@H]1[C@H](C[C@H](O)CO)O[C@](O)(COC(=O)CCCCC2CCSS2)C[C@@H]1O. The van der Waals surface area contributed by atoms with Crippen molar-refractivity contribution in [2.45, 2.75) is 87.3 Å². The van der Waals surface area contributed by atoms with Gasteiger partial charge >= 0.3 is 5.97 Å². The van der Waals surface area contributed by atoms with Crippen LogP contribution in [0.2, 0.25) is 0 Å². The van der Waals surface area contributed by atoms with Gasteiger partial charge in [-0.1, -0.05) is 28.0 Å². The topological polar surface area (TPSA) is 146 Å². The fraction of sp³-hybridized carbons (Fsp3) is 0.895. The number of carbonyl (C=O) groups is 2. The van der Waals surface area contributed by atoms with E-state index in [1.165, 1.54) is 19.1 Å². The van der Waals surface area contributed by atoms with Crippen LogP contribution in [0.3, 0.4) is 0 Å². The molecule has 2 fully saturated rings. The summed E-state index contributed by atoms with van der Waals surface area (Å²) in [4.78, 5) is 23.5. The Labute approximate surface area is 184 Å². The Morgan fingerprint density at radius 1 is 1.37 bits per heavy atom. The van der Waals surface area contributed by atoms with Crippen molar-refractivity contribution in [3.05, 3.63) is 0 Å². The molecular weight excluding hydrogens is 434 g/mol. The van der Waals surface area contributed by atoms with Crippen LogP contribution >= 0.6 is 21.6 Å². The molecule has 2 aliphatic rings. The van der Waals surface area contributed by atoms with Gasteiger partial charge in [-0.25, -0.2) is 0 Å². The number of aliphatic hydroxyl groups excluding tert-OH is 3. The first-order chi connectivity index (χ1) is 14.2. The van der Waals surface area contributed by atoms with Crippen LogP contribution in [0.25, 0.3) is 0 Å². The third-order valence-corrected chi connectivity index (χ3v) is 8.15. The first-order valence-corrected chi connectivity index (χ1v) is 12.7. The Kier molecular flexibility index (Phi) is 10.7. The number of carbonyl (C=O) groups excluding carboxylic acids is 2. The third kappa shape index (κ3) is 8.52. The molecule has 0 aromatic carbocycles. The smallest absolute Gasteiger partial charge is 0.305 e. The lowest BCUT2D eigenvalue weighted by molar-refractivity contribution is -0.298. The second kappa shape index (κ2) is 12.5. The lowest BCUT2D eigenvalue weighted by atomic mass is 9.90. The number of nitrogens with one attached hydrogen (secondary N) is 1. The lowest BCUT2D eigenvalue weighted by Crippen LogP contribution is -2.62. The number of ether oxygens (including phenoxy) is 2. The minimum absolute atomic E-state index is 0.119. The zero-order chi connectivity index (χ0) is 22.1. The van der Waals surface area contributed by atoms with Crippen molar-refractivity contribution in [1.29, 1.82) is 0 Å². The summed E-state index contributed by atoms with van der Waals surface area (Å²) in [6.45, 7) is 0.282. The summed E-state index contributed by atoms with van der Waals surface area (Å²) in [5.41, 5.74) is 0. The van der Waals surface area contributed by atoms with Crippen LogP contribution in [0.5, 0.6) is 0 Å². The van der Waals surface area contributed by atoms with E-state index >= 15 is 0 Å². The van der Waals surface area contributed by atoms with Crippen molar-refractivity contribution in [3.8, 4) is 0 Å². The summed E-state index contributed by atoms with van der Waals surface area (Å²) >= 11 is 0. The van der Waals surface area contributed by atoms with E-state index in [2.05, 4.69) is 5.32 Å². The number of esters is 1. The maximum Gasteiger partial charge on any atom is 0.305 e. The van der Waals surface area contributed by atoms with Gasteiger partial charge in [0.2, 0.25) is 11.7 Å². The van der Waals surface area contributed by atoms with Crippen molar-refractivity contribution in [3.63, 3.8) is 0 Å². The molecule has 0 saturated carbocycles. The molecule has 0 spiro atoms. The van der Waals surface area contributed by atoms with Crippen molar-refractivity contribution < 1.29 is 39.5 Å². The van der Waals surface area contributed by atoms with Gasteiger partial charge in [0.25, 0.3) is 0 Å². The van der Waals surface area contributed by atoms with Gasteiger partial charge in [-0.15, -0.1) is 0 Å². The van der Waals surface area contributed by atoms with Crippen LogP contribution in [0.15, 0.2) is 0 Å². The highest BCUT2D eigenvalue weighted by molar-refractivity contribution is 8.77. The molecule has 0 radical (unpaired) electrons. The summed E-state index contributed by atoms with van der Waals surface area (Å²) in [6.07, 6.45) is 0.477. The molecule has 2 rings (SSSR count). The number of amides is 1. The van der Waals surface area contributed by atoms with Crippen molar-refractivity contribution in [2.75, 3.05) is 19.0 Å². The van der Waals surface area contributed by atoms with Gasteiger partial charge < -0.3 is 35.2 Å². The van der Waals surface area contributed by atoms with Crippen LogP contribution in [0.4, 0.5) is 0 Å². The van der Waals surface area contributed by atoms with Crippen molar-refractivity contribution in [2.24, 2.45) is 0 Å². The number of hydrogen-bond acceptors (Lipinski definition) is 10. The molecule has 0 aromatic heterocycles. The van der Waals surface area contributed by atoms with E-state index in [0.29, 0.717) is 11.7 Å². The largest absolute Gasteiger partial charge is 0.460 e. The van der Waals surface area contributed by atoms with E-state index in [1.807, 2.05) is 21.6 Å². The zero-order valence-electron chi connectivity index (χ0n) is 17.2. The second-order valence-corrected chi connectivity index (χ2v) is 10.7. The molecule has 174 valence electrons. The maximum atomic E-state index is 12.0. The normalized spacial score (nSPS) is 32.6. The van der Waals surface area contributed by atoms with Gasteiger partial charge in [-0.3, -0.25) is 9.59 Å². The fourth-order valence-corrected chi connectivity index (χ4v) is 6.66. The van der Waals surface area contributed by atoms with Crippen LogP contribution in [-0.4, -0.2) is 86.7 Å². The molecule has 0 aliphatic carbocycles. The zero-order valence-corrected chi connectivity index (χ0v) is 18.8. The molecule has 11 heteroatoms. The molecule has 2 heterocycles. The second-order valence-electron chi connectivity index (χ2n) is 7.91. The first-order valence-electron chi connectivity index (χ1n) is 10.3. The van der Waals surface area contributed by atoms with E-state index in [4.69, 9.17) is 14.6 Å². The molecule has 1 amide bonds. The molecule has 2 saturated heterocycles. The Hall–Kier alpha value is -0.560. The van der Waals surface area contributed by atoms with E-state index in [9.17, 15) is 24.9 Å². The summed E-state index contributed by atoms with van der Waals surface area (Å²) in [5, 5.41) is 43.1. The van der Waals surface area contributed by atoms with Gasteiger partial charge in [-0.05, 0) is 19.3 Å². The van der Waals surface area contributed by atoms with Gasteiger partial charge in [0.05, 0.1) is 31.0 Å². The molecule has 1 unspecified atom stereocenters. The summed E-state index contributed by atoms with van der Waals surface area (Å²) in [5.74, 6) is -1.62. The lowest BCUT2D eigenvalue weighted by Gasteiger charge is -2.44. The Morgan fingerprint density at radius 3 is 2.77 bits per heavy atom.